The summed E-state index contributed by atoms with van der Waals surface area (Å²) in [6.07, 6.45) is 2.07. The van der Waals surface area contributed by atoms with E-state index in [1.54, 1.807) is 0 Å². The average Bonchev–Trinajstić information content (AvgIpc) is 2.43. The number of benzene rings is 1. The van der Waals surface area contributed by atoms with Gasteiger partial charge in [-0.3, -0.25) is 4.79 Å². The number of carbonyl (C=O) groups excluding carboxylic acids is 1. The van der Waals surface area contributed by atoms with Gasteiger partial charge in [-0.05, 0) is 18.4 Å². The number of nitrogens with one attached hydrogen (secondary N) is 1. The predicted molar refractivity (Wildman–Crippen MR) is 71.9 cm³/mol. The van der Waals surface area contributed by atoms with Crippen LogP contribution >= 0.6 is 0 Å². The molecule has 0 spiro atoms. The third-order valence-electron chi connectivity index (χ3n) is 4.10. The molecule has 1 aromatic carbocycles. The number of fused-ring (bicyclic) bond motifs is 1. The monoisotopic (exact) mass is 244 g/mol. The van der Waals surface area contributed by atoms with Crippen LogP contribution in [0.1, 0.15) is 22.3 Å². The van der Waals surface area contributed by atoms with Gasteiger partial charge in [-0.2, -0.15) is 0 Å². The number of hydrogen-bond acceptors (Lipinski definition) is 3. The largest absolute Gasteiger partial charge is 0.314 e. The van der Waals surface area contributed by atoms with Crippen molar-refractivity contribution < 1.29 is 4.79 Å². The second kappa shape index (κ2) is 5.21. The molecule has 3 nitrogen and oxygen atoms in total. The maximum atomic E-state index is 12.4. The molecule has 1 aliphatic heterocycles. The van der Waals surface area contributed by atoms with Crippen LogP contribution in [-0.4, -0.2) is 43.4 Å². The predicted octanol–water partition coefficient (Wildman–Crippen LogP) is 1.34. The first kappa shape index (κ1) is 11.9. The van der Waals surface area contributed by atoms with E-state index in [9.17, 15) is 4.79 Å². The Labute approximate surface area is 108 Å². The van der Waals surface area contributed by atoms with Gasteiger partial charge in [0.15, 0.2) is 5.78 Å². The molecule has 0 radical (unpaired) electrons. The van der Waals surface area contributed by atoms with Crippen LogP contribution in [0.4, 0.5) is 0 Å². The van der Waals surface area contributed by atoms with Crippen molar-refractivity contribution in [3.8, 4) is 0 Å². The second-order valence-electron chi connectivity index (χ2n) is 5.31. The van der Waals surface area contributed by atoms with Gasteiger partial charge in [0.25, 0.3) is 0 Å². The zero-order valence-electron chi connectivity index (χ0n) is 10.7. The summed E-state index contributed by atoms with van der Waals surface area (Å²) in [5.41, 5.74) is 2.20. The molecule has 2 aliphatic rings. The van der Waals surface area contributed by atoms with Crippen molar-refractivity contribution in [3.05, 3.63) is 35.4 Å². The smallest absolute Gasteiger partial charge is 0.167 e. The quantitative estimate of drug-likeness (QED) is 0.852. The number of ketones is 1. The Morgan fingerprint density at radius 1 is 1.22 bits per heavy atom. The van der Waals surface area contributed by atoms with Crippen molar-refractivity contribution in [1.82, 2.24) is 10.2 Å². The van der Waals surface area contributed by atoms with Crippen molar-refractivity contribution in [2.24, 2.45) is 5.92 Å². The van der Waals surface area contributed by atoms with Crippen LogP contribution in [-0.2, 0) is 6.42 Å². The summed E-state index contributed by atoms with van der Waals surface area (Å²) < 4.78 is 0. The summed E-state index contributed by atoms with van der Waals surface area (Å²) in [4.78, 5) is 14.9. The Balaban J connectivity index is 1.70. The molecule has 1 saturated heterocycles. The highest BCUT2D eigenvalue weighted by atomic mass is 16.1. The average molecular weight is 244 g/mol. The molecule has 1 aliphatic carbocycles. The normalized spacial score (nSPS) is 24.9. The van der Waals surface area contributed by atoms with Crippen LogP contribution in [0.3, 0.4) is 0 Å². The molecule has 3 rings (SSSR count). The van der Waals surface area contributed by atoms with Gasteiger partial charge in [0.2, 0.25) is 0 Å². The van der Waals surface area contributed by atoms with E-state index < -0.39 is 0 Å². The Kier molecular flexibility index (Phi) is 3.43. The molecule has 1 unspecified atom stereocenters. The summed E-state index contributed by atoms with van der Waals surface area (Å²) >= 11 is 0. The van der Waals surface area contributed by atoms with E-state index in [4.69, 9.17) is 0 Å². The maximum Gasteiger partial charge on any atom is 0.167 e. The molecule has 0 amide bonds. The maximum absolute atomic E-state index is 12.4. The molecule has 3 heteroatoms. The van der Waals surface area contributed by atoms with E-state index in [0.717, 1.165) is 51.1 Å². The number of aryl methyl sites for hydroxylation is 1. The van der Waals surface area contributed by atoms with Crippen molar-refractivity contribution >= 4 is 5.78 Å². The third kappa shape index (κ3) is 2.33. The van der Waals surface area contributed by atoms with Gasteiger partial charge in [-0.1, -0.05) is 24.3 Å². The molecule has 0 aromatic heterocycles. The molecule has 0 saturated carbocycles. The lowest BCUT2D eigenvalue weighted by Crippen LogP contribution is -2.46. The molecule has 1 aromatic rings. The Hall–Kier alpha value is -1.19. The molecular formula is C15H20N2O. The number of rotatable bonds is 2. The fraction of sp³-hybridized carbons (Fsp3) is 0.533. The van der Waals surface area contributed by atoms with Crippen molar-refractivity contribution in [3.63, 3.8) is 0 Å². The number of hydrogen-bond donors (Lipinski definition) is 1. The lowest BCUT2D eigenvalue weighted by molar-refractivity contribution is 0.0850. The first-order valence-corrected chi connectivity index (χ1v) is 6.90. The Morgan fingerprint density at radius 2 is 2.00 bits per heavy atom. The molecule has 18 heavy (non-hydrogen) atoms. The van der Waals surface area contributed by atoms with Gasteiger partial charge >= 0.3 is 0 Å². The van der Waals surface area contributed by atoms with Crippen LogP contribution in [0.5, 0.6) is 0 Å². The van der Waals surface area contributed by atoms with E-state index in [0.29, 0.717) is 5.78 Å². The number of Topliss-reactive ketones (excluding diaryl/α,β-unsaturated/α-hetero) is 1. The molecule has 1 heterocycles. The second-order valence-corrected chi connectivity index (χ2v) is 5.31. The van der Waals surface area contributed by atoms with Crippen LogP contribution in [0.2, 0.25) is 0 Å². The van der Waals surface area contributed by atoms with Crippen molar-refractivity contribution in [2.45, 2.75) is 12.8 Å². The van der Waals surface area contributed by atoms with E-state index in [2.05, 4.69) is 16.3 Å². The minimum atomic E-state index is 0.206. The number of nitrogens with zero attached hydrogens (tertiary/aromatic N) is 1. The lowest BCUT2D eigenvalue weighted by atomic mass is 9.82. The summed E-state index contributed by atoms with van der Waals surface area (Å²) in [6.45, 7) is 5.20. The Morgan fingerprint density at radius 3 is 2.83 bits per heavy atom. The summed E-state index contributed by atoms with van der Waals surface area (Å²) in [6, 6.07) is 8.09. The van der Waals surface area contributed by atoms with Gasteiger partial charge in [0.1, 0.15) is 0 Å². The minimum Gasteiger partial charge on any atom is -0.314 e. The highest BCUT2D eigenvalue weighted by Crippen LogP contribution is 2.26. The SMILES string of the molecule is O=C1c2ccccc2CCC1CN1CCNCC1. The van der Waals surface area contributed by atoms with Crippen LogP contribution < -0.4 is 5.32 Å². The highest BCUT2D eigenvalue weighted by molar-refractivity contribution is 6.00. The molecule has 1 fully saturated rings. The van der Waals surface area contributed by atoms with E-state index in [1.807, 2.05) is 18.2 Å². The molecule has 1 atom stereocenters. The van der Waals surface area contributed by atoms with Crippen molar-refractivity contribution in [2.75, 3.05) is 32.7 Å². The third-order valence-corrected chi connectivity index (χ3v) is 4.10. The van der Waals surface area contributed by atoms with Gasteiger partial charge in [0, 0.05) is 44.2 Å². The molecule has 96 valence electrons. The molecular weight excluding hydrogens is 224 g/mol. The summed E-state index contributed by atoms with van der Waals surface area (Å²) in [5, 5.41) is 3.35. The first-order valence-electron chi connectivity index (χ1n) is 6.90. The highest BCUT2D eigenvalue weighted by Gasteiger charge is 2.28. The molecule has 1 N–H and O–H groups in total. The summed E-state index contributed by atoms with van der Waals surface area (Å²) in [7, 11) is 0. The number of carbonyl (C=O) groups is 1. The van der Waals surface area contributed by atoms with E-state index in [-0.39, 0.29) is 5.92 Å². The molecule has 0 bridgehead atoms. The Bertz CT molecular complexity index is 438. The van der Waals surface area contributed by atoms with E-state index >= 15 is 0 Å². The lowest BCUT2D eigenvalue weighted by Gasteiger charge is -2.32. The van der Waals surface area contributed by atoms with Crippen LogP contribution in [0.25, 0.3) is 0 Å². The minimum absolute atomic E-state index is 0.206. The standard InChI is InChI=1S/C15H20N2O/c18-15-13(11-17-9-7-16-8-10-17)6-5-12-3-1-2-4-14(12)15/h1-4,13,16H,5-11H2. The zero-order valence-corrected chi connectivity index (χ0v) is 10.7. The fourth-order valence-electron chi connectivity index (χ4n) is 3.04. The first-order chi connectivity index (χ1) is 8.84. The van der Waals surface area contributed by atoms with Gasteiger partial charge in [-0.15, -0.1) is 0 Å². The number of piperazine rings is 1. The van der Waals surface area contributed by atoms with Crippen molar-refractivity contribution in [1.29, 1.82) is 0 Å². The summed E-state index contributed by atoms with van der Waals surface area (Å²) in [5.74, 6) is 0.563. The van der Waals surface area contributed by atoms with Crippen LogP contribution in [0, 0.1) is 5.92 Å². The fourth-order valence-corrected chi connectivity index (χ4v) is 3.04. The zero-order chi connectivity index (χ0) is 12.4. The van der Waals surface area contributed by atoms with Gasteiger partial charge in [0.05, 0.1) is 0 Å². The van der Waals surface area contributed by atoms with Crippen LogP contribution in [0.15, 0.2) is 24.3 Å². The van der Waals surface area contributed by atoms with Gasteiger partial charge in [-0.25, -0.2) is 0 Å². The van der Waals surface area contributed by atoms with Gasteiger partial charge < -0.3 is 10.2 Å². The topological polar surface area (TPSA) is 32.3 Å². The van der Waals surface area contributed by atoms with E-state index in [1.165, 1.54) is 5.56 Å².